The van der Waals surface area contributed by atoms with E-state index in [1.54, 1.807) is 31.5 Å². The molecule has 0 atom stereocenters. The van der Waals surface area contributed by atoms with Gasteiger partial charge in [-0.2, -0.15) is 0 Å². The molecule has 0 saturated carbocycles. The highest BCUT2D eigenvalue weighted by atomic mass is 35.5. The van der Waals surface area contributed by atoms with Crippen molar-refractivity contribution in [2.24, 2.45) is 4.99 Å². The highest BCUT2D eigenvalue weighted by Gasteiger charge is 2.02. The Morgan fingerprint density at radius 1 is 1.24 bits per heavy atom. The van der Waals surface area contributed by atoms with Crippen LogP contribution in [0.4, 0.5) is 5.69 Å². The Bertz CT molecular complexity index is 672. The van der Waals surface area contributed by atoms with Crippen molar-refractivity contribution in [2.75, 3.05) is 13.7 Å². The van der Waals surface area contributed by atoms with Gasteiger partial charge in [-0.1, -0.05) is 17.5 Å². The van der Waals surface area contributed by atoms with Crippen molar-refractivity contribution in [1.82, 2.24) is 0 Å². The Labute approximate surface area is 129 Å². The molecule has 0 saturated heterocycles. The van der Waals surface area contributed by atoms with Crippen LogP contribution in [0.2, 0.25) is 5.02 Å². The highest BCUT2D eigenvalue weighted by molar-refractivity contribution is 6.30. The van der Waals surface area contributed by atoms with Crippen LogP contribution in [0.15, 0.2) is 47.5 Å². The van der Waals surface area contributed by atoms with Crippen molar-refractivity contribution in [3.8, 4) is 23.8 Å². The lowest BCUT2D eigenvalue weighted by Crippen LogP contribution is -1.97. The Balaban J connectivity index is 2.22. The zero-order chi connectivity index (χ0) is 15.1. The van der Waals surface area contributed by atoms with E-state index in [9.17, 15) is 0 Å². The fraction of sp³-hybridized carbons (Fsp3) is 0.118. The molecular weight excluding hydrogens is 286 g/mol. The molecule has 2 aromatic rings. The van der Waals surface area contributed by atoms with Crippen LogP contribution in [0, 0.1) is 12.3 Å². The van der Waals surface area contributed by atoms with Gasteiger partial charge in [0.1, 0.15) is 18.1 Å². The summed E-state index contributed by atoms with van der Waals surface area (Å²) < 4.78 is 10.6. The standard InChI is InChI=1S/C17H14ClNO2/c1-3-10-21-17-9-4-14(18)11-13(17)12-19-15-5-7-16(20-2)8-6-15/h1,4-9,11-12H,10H2,2H3. The normalized spacial score (nSPS) is 10.3. The summed E-state index contributed by atoms with van der Waals surface area (Å²) in [4.78, 5) is 4.39. The Kier molecular flexibility index (Phi) is 5.25. The molecule has 0 unspecified atom stereocenters. The summed E-state index contributed by atoms with van der Waals surface area (Å²) in [6.07, 6.45) is 6.90. The molecule has 106 valence electrons. The summed E-state index contributed by atoms with van der Waals surface area (Å²) in [6.45, 7) is 0.199. The van der Waals surface area contributed by atoms with Gasteiger partial charge in [0.25, 0.3) is 0 Å². The molecule has 0 amide bonds. The largest absolute Gasteiger partial charge is 0.497 e. The van der Waals surface area contributed by atoms with E-state index in [1.807, 2.05) is 24.3 Å². The summed E-state index contributed by atoms with van der Waals surface area (Å²) in [7, 11) is 1.62. The lowest BCUT2D eigenvalue weighted by atomic mass is 10.2. The number of benzene rings is 2. The van der Waals surface area contributed by atoms with E-state index < -0.39 is 0 Å². The van der Waals surface area contributed by atoms with Gasteiger partial charge in [0.15, 0.2) is 0 Å². The van der Waals surface area contributed by atoms with E-state index in [-0.39, 0.29) is 6.61 Å². The number of rotatable bonds is 5. The second kappa shape index (κ2) is 7.37. The SMILES string of the molecule is C#CCOc1ccc(Cl)cc1C=Nc1ccc(OC)cc1. The van der Waals surface area contributed by atoms with Gasteiger partial charge >= 0.3 is 0 Å². The van der Waals surface area contributed by atoms with Gasteiger partial charge in [0.2, 0.25) is 0 Å². The molecule has 0 aromatic heterocycles. The molecule has 0 heterocycles. The fourth-order valence-corrected chi connectivity index (χ4v) is 1.86. The van der Waals surface area contributed by atoms with E-state index in [0.717, 1.165) is 17.0 Å². The third-order valence-electron chi connectivity index (χ3n) is 2.71. The second-order valence-corrected chi connectivity index (χ2v) is 4.57. The molecule has 0 radical (unpaired) electrons. The maximum absolute atomic E-state index is 6.00. The van der Waals surface area contributed by atoms with E-state index in [0.29, 0.717) is 10.8 Å². The number of nitrogens with zero attached hydrogens (tertiary/aromatic N) is 1. The maximum Gasteiger partial charge on any atom is 0.148 e. The zero-order valence-corrected chi connectivity index (χ0v) is 12.3. The predicted octanol–water partition coefficient (Wildman–Crippen LogP) is 4.11. The number of hydrogen-bond acceptors (Lipinski definition) is 3. The van der Waals surface area contributed by atoms with Gasteiger partial charge in [-0.25, -0.2) is 0 Å². The predicted molar refractivity (Wildman–Crippen MR) is 86.0 cm³/mol. The Hall–Kier alpha value is -2.44. The van der Waals surface area contributed by atoms with Crippen LogP contribution < -0.4 is 9.47 Å². The van der Waals surface area contributed by atoms with Gasteiger partial charge in [0, 0.05) is 16.8 Å². The smallest absolute Gasteiger partial charge is 0.148 e. The topological polar surface area (TPSA) is 30.8 Å². The number of halogens is 1. The quantitative estimate of drug-likeness (QED) is 0.614. The first-order valence-corrected chi connectivity index (χ1v) is 6.64. The van der Waals surface area contributed by atoms with Crippen molar-refractivity contribution in [3.63, 3.8) is 0 Å². The van der Waals surface area contributed by atoms with Crippen LogP contribution in [-0.2, 0) is 0 Å². The Morgan fingerprint density at radius 2 is 2.00 bits per heavy atom. The number of terminal acetylenes is 1. The van der Waals surface area contributed by atoms with Crippen LogP contribution >= 0.6 is 11.6 Å². The summed E-state index contributed by atoms with van der Waals surface area (Å²) in [6, 6.07) is 12.7. The van der Waals surface area contributed by atoms with Crippen molar-refractivity contribution < 1.29 is 9.47 Å². The van der Waals surface area contributed by atoms with Crippen LogP contribution in [-0.4, -0.2) is 19.9 Å². The van der Waals surface area contributed by atoms with Gasteiger partial charge < -0.3 is 9.47 Å². The van der Waals surface area contributed by atoms with E-state index >= 15 is 0 Å². The molecular formula is C17H14ClNO2. The van der Waals surface area contributed by atoms with Gasteiger partial charge in [-0.05, 0) is 42.5 Å². The third kappa shape index (κ3) is 4.27. The van der Waals surface area contributed by atoms with Crippen molar-refractivity contribution in [2.45, 2.75) is 0 Å². The monoisotopic (exact) mass is 299 g/mol. The average molecular weight is 300 g/mol. The minimum absolute atomic E-state index is 0.199. The van der Waals surface area contributed by atoms with Crippen LogP contribution in [0.25, 0.3) is 0 Å². The zero-order valence-electron chi connectivity index (χ0n) is 11.5. The molecule has 0 N–H and O–H groups in total. The van der Waals surface area contributed by atoms with Crippen LogP contribution in [0.3, 0.4) is 0 Å². The van der Waals surface area contributed by atoms with E-state index in [4.69, 9.17) is 27.5 Å². The van der Waals surface area contributed by atoms with Crippen molar-refractivity contribution >= 4 is 23.5 Å². The van der Waals surface area contributed by atoms with Crippen molar-refractivity contribution in [1.29, 1.82) is 0 Å². The third-order valence-corrected chi connectivity index (χ3v) is 2.94. The first-order valence-electron chi connectivity index (χ1n) is 6.27. The molecule has 2 aromatic carbocycles. The average Bonchev–Trinajstić information content (AvgIpc) is 2.52. The molecule has 2 rings (SSSR count). The molecule has 0 spiro atoms. The maximum atomic E-state index is 6.00. The Morgan fingerprint density at radius 3 is 2.67 bits per heavy atom. The van der Waals surface area contributed by atoms with Crippen LogP contribution in [0.1, 0.15) is 5.56 Å². The number of hydrogen-bond donors (Lipinski definition) is 0. The molecule has 4 heteroatoms. The van der Waals surface area contributed by atoms with Crippen LogP contribution in [0.5, 0.6) is 11.5 Å². The first-order chi connectivity index (χ1) is 10.2. The van der Waals surface area contributed by atoms with Gasteiger partial charge in [-0.15, -0.1) is 6.42 Å². The molecule has 0 aliphatic heterocycles. The molecule has 0 aliphatic carbocycles. The van der Waals surface area contributed by atoms with Gasteiger partial charge in [0.05, 0.1) is 12.8 Å². The molecule has 0 fully saturated rings. The highest BCUT2D eigenvalue weighted by Crippen LogP contribution is 2.23. The lowest BCUT2D eigenvalue weighted by Gasteiger charge is -2.06. The molecule has 21 heavy (non-hydrogen) atoms. The number of methoxy groups -OCH3 is 1. The van der Waals surface area contributed by atoms with Crippen molar-refractivity contribution in [3.05, 3.63) is 53.1 Å². The summed E-state index contributed by atoms with van der Waals surface area (Å²) in [5, 5.41) is 0.610. The number of aliphatic imine (C=N–C) groups is 1. The first kappa shape index (κ1) is 15.0. The van der Waals surface area contributed by atoms with Gasteiger partial charge in [-0.3, -0.25) is 4.99 Å². The fourth-order valence-electron chi connectivity index (χ4n) is 1.68. The summed E-state index contributed by atoms with van der Waals surface area (Å²) >= 11 is 6.00. The summed E-state index contributed by atoms with van der Waals surface area (Å²) in [5.41, 5.74) is 1.58. The molecule has 0 bridgehead atoms. The second-order valence-electron chi connectivity index (χ2n) is 4.13. The minimum atomic E-state index is 0.199. The minimum Gasteiger partial charge on any atom is -0.497 e. The molecule has 0 aliphatic rings. The number of ether oxygens (including phenoxy) is 2. The lowest BCUT2D eigenvalue weighted by molar-refractivity contribution is 0.370. The van der Waals surface area contributed by atoms with E-state index in [2.05, 4.69) is 10.9 Å². The summed E-state index contributed by atoms with van der Waals surface area (Å²) in [5.74, 6) is 3.87. The molecule has 3 nitrogen and oxygen atoms in total. The van der Waals surface area contributed by atoms with E-state index in [1.165, 1.54) is 0 Å².